The molecule has 3 rings (SSSR count). The van der Waals surface area contributed by atoms with E-state index in [4.69, 9.17) is 33.2 Å². The van der Waals surface area contributed by atoms with Crippen LogP contribution in [-0.4, -0.2) is 49.8 Å². The normalized spacial score (nSPS) is 11.0. The highest BCUT2D eigenvalue weighted by Crippen LogP contribution is 2.39. The van der Waals surface area contributed by atoms with E-state index in [2.05, 4.69) is 6.07 Å². The van der Waals surface area contributed by atoms with Gasteiger partial charge in [-0.05, 0) is 64.7 Å². The fourth-order valence-electron chi connectivity index (χ4n) is 3.74. The lowest BCUT2D eigenvalue weighted by molar-refractivity contribution is 0.324. The Hall–Kier alpha value is -4.26. The van der Waals surface area contributed by atoms with Gasteiger partial charge < -0.3 is 33.2 Å². The third-order valence-electron chi connectivity index (χ3n) is 5.50. The summed E-state index contributed by atoms with van der Waals surface area (Å²) in [4.78, 5) is 0. The van der Waals surface area contributed by atoms with Gasteiger partial charge in [-0.3, -0.25) is 0 Å². The van der Waals surface area contributed by atoms with Crippen molar-refractivity contribution in [1.29, 1.82) is 0 Å². The first-order chi connectivity index (χ1) is 17.5. The lowest BCUT2D eigenvalue weighted by Gasteiger charge is -2.13. The molecule has 0 radical (unpaired) electrons. The topological polar surface area (TPSA) is 64.6 Å². The van der Waals surface area contributed by atoms with E-state index >= 15 is 0 Å². The van der Waals surface area contributed by atoms with Gasteiger partial charge in [-0.25, -0.2) is 0 Å². The first-order valence-electron chi connectivity index (χ1n) is 11.1. The van der Waals surface area contributed by atoms with Crippen LogP contribution in [-0.2, 0) is 0 Å². The highest BCUT2D eigenvalue weighted by Gasteiger charge is 2.13. The van der Waals surface area contributed by atoms with Gasteiger partial charge in [-0.2, -0.15) is 0 Å². The largest absolute Gasteiger partial charge is 0.497 e. The SMILES string of the molecule is COc1cc(/C=C/c2cc(OC)c(OC)c(OC)c2)cc(/C=C/c2cc(OC)c(OC)c(OC)c2)c1. The summed E-state index contributed by atoms with van der Waals surface area (Å²) >= 11 is 0. The maximum atomic E-state index is 5.53. The van der Waals surface area contributed by atoms with Gasteiger partial charge in [-0.15, -0.1) is 0 Å². The van der Waals surface area contributed by atoms with Gasteiger partial charge in [-0.1, -0.05) is 24.3 Å². The predicted octanol–water partition coefficient (Wildman–Crippen LogP) is 6.09. The van der Waals surface area contributed by atoms with Crippen LogP contribution in [0.25, 0.3) is 24.3 Å². The Labute approximate surface area is 212 Å². The van der Waals surface area contributed by atoms with E-state index in [0.29, 0.717) is 34.5 Å². The average molecular weight is 493 g/mol. The Morgan fingerprint density at radius 3 is 0.917 bits per heavy atom. The van der Waals surface area contributed by atoms with Crippen molar-refractivity contribution in [2.75, 3.05) is 49.8 Å². The fourth-order valence-corrected chi connectivity index (χ4v) is 3.74. The number of methoxy groups -OCH3 is 7. The van der Waals surface area contributed by atoms with Crippen molar-refractivity contribution in [1.82, 2.24) is 0 Å². The lowest BCUT2D eigenvalue weighted by Crippen LogP contribution is -1.95. The number of hydrogen-bond acceptors (Lipinski definition) is 7. The van der Waals surface area contributed by atoms with Crippen molar-refractivity contribution in [2.24, 2.45) is 0 Å². The molecule has 0 atom stereocenters. The highest BCUT2D eigenvalue weighted by atomic mass is 16.5. The molecule has 0 bridgehead atoms. The zero-order chi connectivity index (χ0) is 26.1. The van der Waals surface area contributed by atoms with E-state index in [1.54, 1.807) is 49.8 Å². The molecule has 7 heteroatoms. The second-order valence-electron chi connectivity index (χ2n) is 7.62. The fraction of sp³-hybridized carbons (Fsp3) is 0.241. The number of benzene rings is 3. The van der Waals surface area contributed by atoms with Gasteiger partial charge in [0.2, 0.25) is 11.5 Å². The van der Waals surface area contributed by atoms with Crippen molar-refractivity contribution >= 4 is 24.3 Å². The standard InChI is InChI=1S/C29H32O7/c1-30-23-13-19(8-10-21-15-24(31-2)28(35-6)25(16-21)32-3)12-20(14-23)9-11-22-17-26(33-4)29(36-7)27(18-22)34-5/h8-18H,1-7H3/b10-8+,11-9+. The van der Waals surface area contributed by atoms with Crippen LogP contribution in [0.15, 0.2) is 42.5 Å². The molecule has 0 unspecified atom stereocenters. The average Bonchev–Trinajstić information content (AvgIpc) is 2.93. The van der Waals surface area contributed by atoms with Gasteiger partial charge in [0.25, 0.3) is 0 Å². The Morgan fingerprint density at radius 1 is 0.361 bits per heavy atom. The van der Waals surface area contributed by atoms with Crippen LogP contribution < -0.4 is 33.2 Å². The van der Waals surface area contributed by atoms with Crippen LogP contribution in [0.1, 0.15) is 22.3 Å². The molecule has 7 nitrogen and oxygen atoms in total. The Bertz CT molecular complexity index is 1100. The molecular formula is C29H32O7. The van der Waals surface area contributed by atoms with Crippen LogP contribution in [0.2, 0.25) is 0 Å². The second-order valence-corrected chi connectivity index (χ2v) is 7.62. The molecule has 0 amide bonds. The molecule has 3 aromatic rings. The Balaban J connectivity index is 1.94. The minimum Gasteiger partial charge on any atom is -0.497 e. The van der Waals surface area contributed by atoms with E-state index in [1.165, 1.54) is 0 Å². The molecule has 0 aliphatic carbocycles. The smallest absolute Gasteiger partial charge is 0.203 e. The molecule has 0 aliphatic heterocycles. The summed E-state index contributed by atoms with van der Waals surface area (Å²) in [5.74, 6) is 4.22. The summed E-state index contributed by atoms with van der Waals surface area (Å²) < 4.78 is 38.2. The summed E-state index contributed by atoms with van der Waals surface area (Å²) in [5, 5.41) is 0. The number of hydrogen-bond donors (Lipinski definition) is 0. The lowest BCUT2D eigenvalue weighted by atomic mass is 10.1. The van der Waals surface area contributed by atoms with E-state index < -0.39 is 0 Å². The van der Waals surface area contributed by atoms with Crippen LogP contribution in [0.5, 0.6) is 40.2 Å². The maximum absolute atomic E-state index is 5.53. The summed E-state index contributed by atoms with van der Waals surface area (Å²) in [7, 11) is 11.2. The van der Waals surface area contributed by atoms with Crippen molar-refractivity contribution in [3.8, 4) is 40.2 Å². The van der Waals surface area contributed by atoms with Crippen LogP contribution >= 0.6 is 0 Å². The minimum atomic E-state index is 0.553. The van der Waals surface area contributed by atoms with E-state index in [1.807, 2.05) is 60.7 Å². The number of rotatable bonds is 11. The van der Waals surface area contributed by atoms with Crippen molar-refractivity contribution < 1.29 is 33.2 Å². The third-order valence-corrected chi connectivity index (χ3v) is 5.50. The van der Waals surface area contributed by atoms with Crippen LogP contribution in [0.4, 0.5) is 0 Å². The van der Waals surface area contributed by atoms with Gasteiger partial charge in [0.15, 0.2) is 23.0 Å². The second kappa shape index (κ2) is 12.4. The van der Waals surface area contributed by atoms with Gasteiger partial charge in [0, 0.05) is 0 Å². The zero-order valence-electron chi connectivity index (χ0n) is 21.7. The molecule has 36 heavy (non-hydrogen) atoms. The van der Waals surface area contributed by atoms with Crippen LogP contribution in [0, 0.1) is 0 Å². The molecule has 3 aromatic carbocycles. The van der Waals surface area contributed by atoms with Gasteiger partial charge in [0.05, 0.1) is 49.8 Å². The van der Waals surface area contributed by atoms with Crippen molar-refractivity contribution in [3.05, 3.63) is 64.7 Å². The Kier molecular flexibility index (Phi) is 9.11. The van der Waals surface area contributed by atoms with Crippen LogP contribution in [0.3, 0.4) is 0 Å². The summed E-state index contributed by atoms with van der Waals surface area (Å²) in [6.07, 6.45) is 7.96. The third kappa shape index (κ3) is 6.05. The van der Waals surface area contributed by atoms with E-state index in [-0.39, 0.29) is 0 Å². The van der Waals surface area contributed by atoms with Gasteiger partial charge >= 0.3 is 0 Å². The summed E-state index contributed by atoms with van der Waals surface area (Å²) in [6, 6.07) is 13.6. The summed E-state index contributed by atoms with van der Waals surface area (Å²) in [6.45, 7) is 0. The number of ether oxygens (including phenoxy) is 7. The van der Waals surface area contributed by atoms with E-state index in [0.717, 1.165) is 28.0 Å². The van der Waals surface area contributed by atoms with Gasteiger partial charge in [0.1, 0.15) is 5.75 Å². The predicted molar refractivity (Wildman–Crippen MR) is 143 cm³/mol. The molecule has 0 N–H and O–H groups in total. The summed E-state index contributed by atoms with van der Waals surface area (Å²) in [5.41, 5.74) is 3.74. The molecule has 0 spiro atoms. The molecular weight excluding hydrogens is 460 g/mol. The molecule has 0 aliphatic rings. The molecule has 190 valence electrons. The Morgan fingerprint density at radius 2 is 0.667 bits per heavy atom. The quantitative estimate of drug-likeness (QED) is 0.300. The molecule has 0 heterocycles. The van der Waals surface area contributed by atoms with E-state index in [9.17, 15) is 0 Å². The van der Waals surface area contributed by atoms with Crippen molar-refractivity contribution in [3.63, 3.8) is 0 Å². The first kappa shape index (κ1) is 26.3. The molecule has 0 saturated heterocycles. The highest BCUT2D eigenvalue weighted by molar-refractivity contribution is 5.77. The monoisotopic (exact) mass is 492 g/mol. The maximum Gasteiger partial charge on any atom is 0.203 e. The first-order valence-corrected chi connectivity index (χ1v) is 11.1. The molecule has 0 fully saturated rings. The van der Waals surface area contributed by atoms with Crippen molar-refractivity contribution in [2.45, 2.75) is 0 Å². The minimum absolute atomic E-state index is 0.553. The molecule has 0 aromatic heterocycles. The zero-order valence-corrected chi connectivity index (χ0v) is 21.7. The molecule has 0 saturated carbocycles.